The lowest BCUT2D eigenvalue weighted by Crippen LogP contribution is -2.16. The Morgan fingerprint density at radius 1 is 1.21 bits per heavy atom. The molecule has 128 valence electrons. The molecule has 4 heteroatoms. The van der Waals surface area contributed by atoms with Gasteiger partial charge in [0.15, 0.2) is 4.80 Å². The van der Waals surface area contributed by atoms with Gasteiger partial charge in [0, 0.05) is 17.6 Å². The molecule has 1 aromatic carbocycles. The highest BCUT2D eigenvalue weighted by atomic mass is 32.1. The molecule has 1 aliphatic rings. The highest BCUT2D eigenvalue weighted by Crippen LogP contribution is 2.21. The van der Waals surface area contributed by atoms with E-state index in [4.69, 9.17) is 9.73 Å². The number of nitrogens with zero attached hydrogens (tertiary/aromatic N) is 2. The standard InChI is InChI=1S/C20H26N2OS/c1-3-23-19-11-9-18(10-12-19)21-20-22(16(2)15-24-20)14-13-17-7-5-4-6-8-17/h7,9-12,15H,3-6,8,13-14H2,1-2H3. The first-order valence-electron chi connectivity index (χ1n) is 8.86. The van der Waals surface area contributed by atoms with Gasteiger partial charge in [-0.05, 0) is 70.2 Å². The van der Waals surface area contributed by atoms with E-state index < -0.39 is 0 Å². The van der Waals surface area contributed by atoms with Crippen LogP contribution in [0.1, 0.15) is 44.7 Å². The molecule has 0 saturated heterocycles. The number of aryl methyl sites for hydroxylation is 1. The second-order valence-corrected chi connectivity index (χ2v) is 7.04. The summed E-state index contributed by atoms with van der Waals surface area (Å²) in [6.45, 7) is 5.88. The molecule has 0 bridgehead atoms. The normalized spacial score (nSPS) is 15.4. The summed E-state index contributed by atoms with van der Waals surface area (Å²) in [5.41, 5.74) is 3.89. The number of aromatic nitrogens is 1. The van der Waals surface area contributed by atoms with Gasteiger partial charge in [-0.3, -0.25) is 0 Å². The smallest absolute Gasteiger partial charge is 0.190 e. The van der Waals surface area contributed by atoms with Crippen molar-refractivity contribution in [2.45, 2.75) is 52.5 Å². The molecule has 2 aromatic rings. The van der Waals surface area contributed by atoms with E-state index in [0.29, 0.717) is 6.61 Å². The first kappa shape index (κ1) is 17.0. The first-order valence-corrected chi connectivity index (χ1v) is 9.74. The fraction of sp³-hybridized carbons (Fsp3) is 0.450. The summed E-state index contributed by atoms with van der Waals surface area (Å²) < 4.78 is 7.84. The molecule has 0 aliphatic heterocycles. The zero-order chi connectivity index (χ0) is 16.8. The lowest BCUT2D eigenvalue weighted by Gasteiger charge is -2.13. The Bertz CT molecular complexity index is 753. The average Bonchev–Trinajstić information content (AvgIpc) is 2.96. The molecule has 0 spiro atoms. The molecule has 3 rings (SSSR count). The van der Waals surface area contributed by atoms with E-state index in [1.54, 1.807) is 16.9 Å². The van der Waals surface area contributed by atoms with Crippen LogP contribution in [-0.2, 0) is 6.54 Å². The van der Waals surface area contributed by atoms with Crippen molar-refractivity contribution >= 4 is 17.0 Å². The maximum absolute atomic E-state index is 5.49. The van der Waals surface area contributed by atoms with E-state index in [2.05, 4.69) is 22.9 Å². The van der Waals surface area contributed by atoms with Crippen molar-refractivity contribution in [1.29, 1.82) is 0 Å². The van der Waals surface area contributed by atoms with Crippen LogP contribution < -0.4 is 9.54 Å². The highest BCUT2D eigenvalue weighted by Gasteiger charge is 2.06. The Morgan fingerprint density at radius 2 is 2.04 bits per heavy atom. The molecule has 3 nitrogen and oxygen atoms in total. The minimum Gasteiger partial charge on any atom is -0.494 e. The predicted molar refractivity (Wildman–Crippen MR) is 101 cm³/mol. The number of thiazole rings is 1. The van der Waals surface area contributed by atoms with Crippen molar-refractivity contribution in [3.8, 4) is 5.75 Å². The lowest BCUT2D eigenvalue weighted by atomic mass is 9.97. The Labute approximate surface area is 148 Å². The second-order valence-electron chi connectivity index (χ2n) is 6.21. The van der Waals surface area contributed by atoms with Crippen LogP contribution in [0.4, 0.5) is 5.69 Å². The minimum atomic E-state index is 0.691. The van der Waals surface area contributed by atoms with Crippen molar-refractivity contribution < 1.29 is 4.74 Å². The van der Waals surface area contributed by atoms with Crippen molar-refractivity contribution in [2.24, 2.45) is 4.99 Å². The van der Waals surface area contributed by atoms with Crippen LogP contribution in [0.15, 0.2) is 46.3 Å². The fourth-order valence-electron chi connectivity index (χ4n) is 3.06. The number of ether oxygens (including phenoxy) is 1. The van der Waals surface area contributed by atoms with Gasteiger partial charge in [-0.15, -0.1) is 11.3 Å². The average molecular weight is 343 g/mol. The van der Waals surface area contributed by atoms with Crippen LogP contribution in [0, 0.1) is 6.92 Å². The van der Waals surface area contributed by atoms with Crippen molar-refractivity contribution in [2.75, 3.05) is 6.61 Å². The van der Waals surface area contributed by atoms with Gasteiger partial charge < -0.3 is 9.30 Å². The highest BCUT2D eigenvalue weighted by molar-refractivity contribution is 7.07. The van der Waals surface area contributed by atoms with Crippen LogP contribution in [-0.4, -0.2) is 11.2 Å². The zero-order valence-electron chi connectivity index (χ0n) is 14.6. The van der Waals surface area contributed by atoms with Gasteiger partial charge in [0.25, 0.3) is 0 Å². The van der Waals surface area contributed by atoms with Crippen LogP contribution in [0.3, 0.4) is 0 Å². The third kappa shape index (κ3) is 4.38. The van der Waals surface area contributed by atoms with Crippen LogP contribution >= 0.6 is 11.3 Å². The van der Waals surface area contributed by atoms with Gasteiger partial charge in [-0.1, -0.05) is 11.6 Å². The van der Waals surface area contributed by atoms with Crippen LogP contribution in [0.2, 0.25) is 0 Å². The molecule has 0 radical (unpaired) electrons. The zero-order valence-corrected chi connectivity index (χ0v) is 15.4. The van der Waals surface area contributed by atoms with Crippen molar-refractivity contribution in [3.05, 3.63) is 51.8 Å². The van der Waals surface area contributed by atoms with E-state index in [-0.39, 0.29) is 0 Å². The summed E-state index contributed by atoms with van der Waals surface area (Å²) >= 11 is 1.72. The minimum absolute atomic E-state index is 0.691. The molecular formula is C20H26N2OS. The number of rotatable bonds is 6. The maximum Gasteiger partial charge on any atom is 0.190 e. The predicted octanol–water partition coefficient (Wildman–Crippen LogP) is 5.38. The summed E-state index contributed by atoms with van der Waals surface area (Å²) in [5, 5.41) is 2.20. The summed E-state index contributed by atoms with van der Waals surface area (Å²) in [5.74, 6) is 0.899. The van der Waals surface area contributed by atoms with Gasteiger partial charge in [-0.2, -0.15) is 0 Å². The quantitative estimate of drug-likeness (QED) is 0.647. The van der Waals surface area contributed by atoms with E-state index in [1.807, 2.05) is 31.2 Å². The number of hydrogen-bond donors (Lipinski definition) is 0. The summed E-state index contributed by atoms with van der Waals surface area (Å²) in [6.07, 6.45) is 8.82. The Hall–Kier alpha value is -1.81. The van der Waals surface area contributed by atoms with E-state index in [9.17, 15) is 0 Å². The molecule has 0 amide bonds. The van der Waals surface area contributed by atoms with Crippen molar-refractivity contribution in [3.63, 3.8) is 0 Å². The van der Waals surface area contributed by atoms with E-state index in [0.717, 1.165) is 29.2 Å². The Balaban J connectivity index is 1.76. The van der Waals surface area contributed by atoms with E-state index in [1.165, 1.54) is 31.4 Å². The third-order valence-corrected chi connectivity index (χ3v) is 5.39. The molecule has 1 aromatic heterocycles. The maximum atomic E-state index is 5.49. The molecule has 0 saturated carbocycles. The van der Waals surface area contributed by atoms with Gasteiger partial charge in [0.1, 0.15) is 5.75 Å². The number of benzene rings is 1. The van der Waals surface area contributed by atoms with Gasteiger partial charge >= 0.3 is 0 Å². The number of hydrogen-bond acceptors (Lipinski definition) is 3. The first-order chi connectivity index (χ1) is 11.8. The fourth-order valence-corrected chi connectivity index (χ4v) is 3.98. The largest absolute Gasteiger partial charge is 0.494 e. The second kappa shape index (κ2) is 8.34. The van der Waals surface area contributed by atoms with Crippen molar-refractivity contribution in [1.82, 2.24) is 4.57 Å². The van der Waals surface area contributed by atoms with E-state index >= 15 is 0 Å². The molecule has 24 heavy (non-hydrogen) atoms. The number of allylic oxidation sites excluding steroid dienone is 2. The van der Waals surface area contributed by atoms with Gasteiger partial charge in [0.2, 0.25) is 0 Å². The Morgan fingerprint density at radius 3 is 2.75 bits per heavy atom. The van der Waals surface area contributed by atoms with Crippen LogP contribution in [0.25, 0.3) is 0 Å². The monoisotopic (exact) mass is 342 g/mol. The SMILES string of the molecule is CCOc1ccc(N=c2scc(C)n2CCC2=CCCCC2)cc1. The summed E-state index contributed by atoms with van der Waals surface area (Å²) in [4.78, 5) is 5.91. The summed E-state index contributed by atoms with van der Waals surface area (Å²) in [6, 6.07) is 8.02. The molecule has 0 N–H and O–H groups in total. The molecule has 0 fully saturated rings. The molecule has 1 heterocycles. The van der Waals surface area contributed by atoms with Crippen LogP contribution in [0.5, 0.6) is 5.75 Å². The third-order valence-electron chi connectivity index (χ3n) is 4.41. The molecule has 0 atom stereocenters. The van der Waals surface area contributed by atoms with Gasteiger partial charge in [-0.25, -0.2) is 4.99 Å². The lowest BCUT2D eigenvalue weighted by molar-refractivity contribution is 0.340. The summed E-state index contributed by atoms with van der Waals surface area (Å²) in [7, 11) is 0. The topological polar surface area (TPSA) is 26.5 Å². The molecular weight excluding hydrogens is 316 g/mol. The molecule has 0 unspecified atom stereocenters. The van der Waals surface area contributed by atoms with Gasteiger partial charge in [0.05, 0.1) is 12.3 Å². The Kier molecular flexibility index (Phi) is 5.91. The molecule has 1 aliphatic carbocycles.